The highest BCUT2D eigenvalue weighted by molar-refractivity contribution is 7.89. The summed E-state index contributed by atoms with van der Waals surface area (Å²) in [6, 6.07) is 4.14. The number of carbonyl (C=O) groups is 1. The number of amides is 1. The van der Waals surface area contributed by atoms with E-state index in [-0.39, 0.29) is 36.0 Å². The Bertz CT molecular complexity index is 781. The van der Waals surface area contributed by atoms with Crippen LogP contribution in [0.4, 0.5) is 4.39 Å². The third kappa shape index (κ3) is 6.21. The Kier molecular flexibility index (Phi) is 7.61. The van der Waals surface area contributed by atoms with Crippen LogP contribution in [0.3, 0.4) is 0 Å². The molecule has 0 spiro atoms. The van der Waals surface area contributed by atoms with E-state index in [1.165, 1.54) is 18.6 Å². The number of carbonyl (C=O) groups excluding carboxylic acids is 1. The zero-order chi connectivity index (χ0) is 20.9. The van der Waals surface area contributed by atoms with Crippen LogP contribution in [0.1, 0.15) is 51.4 Å². The van der Waals surface area contributed by atoms with Gasteiger partial charge in [-0.25, -0.2) is 17.5 Å². The molecule has 2 aliphatic rings. The summed E-state index contributed by atoms with van der Waals surface area (Å²) < 4.78 is 46.4. The van der Waals surface area contributed by atoms with Crippen LogP contribution < -0.4 is 10.0 Å². The fourth-order valence-electron chi connectivity index (χ4n) is 4.04. The highest BCUT2D eigenvalue weighted by Crippen LogP contribution is 2.24. The lowest BCUT2D eigenvalue weighted by atomic mass is 9.94. The monoisotopic (exact) mass is 428 g/mol. The van der Waals surface area contributed by atoms with Gasteiger partial charge in [0, 0.05) is 6.04 Å². The third-order valence-corrected chi connectivity index (χ3v) is 7.12. The van der Waals surface area contributed by atoms with Gasteiger partial charge in [-0.1, -0.05) is 19.3 Å². The standard InChI is InChI=1S/C20H29FN2O5S/c21-14-6-9-17(10-7-14)29(26,27)23-18-11-8-16(28-19(18)13-24)12-20(25)22-15-4-2-1-3-5-15/h6-7,9-10,15-16,18-19,23-24H,1-5,8,11-13H2,(H,22,25)/t16-,18+,19-/m0/s1. The minimum Gasteiger partial charge on any atom is -0.394 e. The Morgan fingerprint density at radius 3 is 2.45 bits per heavy atom. The van der Waals surface area contributed by atoms with E-state index < -0.39 is 28.0 Å². The molecule has 1 aliphatic heterocycles. The third-order valence-electron chi connectivity index (χ3n) is 5.61. The first-order chi connectivity index (χ1) is 13.9. The SMILES string of the molecule is O=C(C[C@@H]1CC[C@@H](NS(=O)(=O)c2ccc(F)cc2)[C@H](CO)O1)NC1CCCCC1. The van der Waals surface area contributed by atoms with E-state index in [1.807, 2.05) is 0 Å². The first-order valence-electron chi connectivity index (χ1n) is 10.2. The molecule has 1 saturated heterocycles. The molecular formula is C20H29FN2O5S. The van der Waals surface area contributed by atoms with Gasteiger partial charge in [0.25, 0.3) is 0 Å². The van der Waals surface area contributed by atoms with Crippen molar-refractivity contribution in [2.75, 3.05) is 6.61 Å². The number of nitrogens with one attached hydrogen (secondary N) is 2. The van der Waals surface area contributed by atoms with E-state index in [2.05, 4.69) is 10.0 Å². The molecule has 2 fully saturated rings. The largest absolute Gasteiger partial charge is 0.394 e. The van der Waals surface area contributed by atoms with Gasteiger partial charge < -0.3 is 15.2 Å². The zero-order valence-corrected chi connectivity index (χ0v) is 17.2. The number of rotatable bonds is 7. The highest BCUT2D eigenvalue weighted by Gasteiger charge is 2.35. The van der Waals surface area contributed by atoms with Crippen LogP contribution in [-0.2, 0) is 19.6 Å². The molecule has 7 nitrogen and oxygen atoms in total. The molecule has 1 saturated carbocycles. The molecule has 1 amide bonds. The van der Waals surface area contributed by atoms with Crippen LogP contribution in [0, 0.1) is 5.82 Å². The van der Waals surface area contributed by atoms with Crippen molar-refractivity contribution in [3.8, 4) is 0 Å². The van der Waals surface area contributed by atoms with E-state index in [0.29, 0.717) is 12.8 Å². The van der Waals surface area contributed by atoms with Crippen LogP contribution >= 0.6 is 0 Å². The molecule has 1 aromatic rings. The summed E-state index contributed by atoms with van der Waals surface area (Å²) in [5, 5.41) is 12.7. The normalized spacial score (nSPS) is 26.2. The maximum atomic E-state index is 13.0. The van der Waals surface area contributed by atoms with Gasteiger partial charge in [0.05, 0.1) is 36.2 Å². The fraction of sp³-hybridized carbons (Fsp3) is 0.650. The summed E-state index contributed by atoms with van der Waals surface area (Å²) in [5.41, 5.74) is 0. The summed E-state index contributed by atoms with van der Waals surface area (Å²) in [5.74, 6) is -0.587. The van der Waals surface area contributed by atoms with E-state index in [0.717, 1.165) is 37.8 Å². The summed E-state index contributed by atoms with van der Waals surface area (Å²) >= 11 is 0. The van der Waals surface area contributed by atoms with Gasteiger partial charge in [-0.15, -0.1) is 0 Å². The predicted molar refractivity (Wildman–Crippen MR) is 105 cm³/mol. The van der Waals surface area contributed by atoms with Crippen LogP contribution in [0.25, 0.3) is 0 Å². The van der Waals surface area contributed by atoms with E-state index >= 15 is 0 Å². The molecule has 0 aromatic heterocycles. The van der Waals surface area contributed by atoms with Gasteiger partial charge in [0.15, 0.2) is 0 Å². The Hall–Kier alpha value is -1.55. The number of ether oxygens (including phenoxy) is 1. The van der Waals surface area contributed by atoms with Gasteiger partial charge >= 0.3 is 0 Å². The molecular weight excluding hydrogens is 399 g/mol. The van der Waals surface area contributed by atoms with Crippen molar-refractivity contribution in [3.63, 3.8) is 0 Å². The van der Waals surface area contributed by atoms with Crippen molar-refractivity contribution < 1.29 is 27.4 Å². The number of sulfonamides is 1. The lowest BCUT2D eigenvalue weighted by Crippen LogP contribution is -2.51. The van der Waals surface area contributed by atoms with Gasteiger partial charge in [0.1, 0.15) is 5.82 Å². The number of aliphatic hydroxyl groups excluding tert-OH is 1. The average Bonchev–Trinajstić information content (AvgIpc) is 2.70. The zero-order valence-electron chi connectivity index (χ0n) is 16.3. The topological polar surface area (TPSA) is 105 Å². The Labute approximate surface area is 171 Å². The second-order valence-electron chi connectivity index (χ2n) is 7.84. The first kappa shape index (κ1) is 22.1. The van der Waals surface area contributed by atoms with Crippen molar-refractivity contribution in [1.82, 2.24) is 10.0 Å². The maximum absolute atomic E-state index is 13.0. The summed E-state index contributed by atoms with van der Waals surface area (Å²) in [7, 11) is -3.87. The molecule has 29 heavy (non-hydrogen) atoms. The molecule has 0 bridgehead atoms. The Morgan fingerprint density at radius 1 is 1.10 bits per heavy atom. The summed E-state index contributed by atoms with van der Waals surface area (Å²) in [4.78, 5) is 12.3. The van der Waals surface area contributed by atoms with Crippen molar-refractivity contribution in [1.29, 1.82) is 0 Å². The lowest BCUT2D eigenvalue weighted by molar-refractivity contribution is -0.131. The van der Waals surface area contributed by atoms with E-state index in [1.54, 1.807) is 0 Å². The number of benzene rings is 1. The molecule has 3 N–H and O–H groups in total. The van der Waals surface area contributed by atoms with Gasteiger partial charge in [0.2, 0.25) is 15.9 Å². The molecule has 1 aromatic carbocycles. The van der Waals surface area contributed by atoms with Crippen LogP contribution in [-0.4, -0.2) is 50.3 Å². The van der Waals surface area contributed by atoms with E-state index in [9.17, 15) is 22.7 Å². The molecule has 0 radical (unpaired) electrons. The van der Waals surface area contributed by atoms with Gasteiger partial charge in [-0.2, -0.15) is 0 Å². The fourth-order valence-corrected chi connectivity index (χ4v) is 5.34. The molecule has 3 atom stereocenters. The summed E-state index contributed by atoms with van der Waals surface area (Å²) in [6.45, 7) is -0.364. The van der Waals surface area contributed by atoms with Crippen LogP contribution in [0.2, 0.25) is 0 Å². The maximum Gasteiger partial charge on any atom is 0.240 e. The second kappa shape index (κ2) is 9.97. The smallest absolute Gasteiger partial charge is 0.240 e. The quantitative estimate of drug-likeness (QED) is 0.615. The van der Waals surface area contributed by atoms with Crippen molar-refractivity contribution in [2.24, 2.45) is 0 Å². The highest BCUT2D eigenvalue weighted by atomic mass is 32.2. The van der Waals surface area contributed by atoms with Crippen molar-refractivity contribution in [2.45, 2.75) is 80.6 Å². The number of aliphatic hydroxyl groups is 1. The average molecular weight is 429 g/mol. The van der Waals surface area contributed by atoms with Crippen LogP contribution in [0.15, 0.2) is 29.2 Å². The van der Waals surface area contributed by atoms with Crippen molar-refractivity contribution >= 4 is 15.9 Å². The minimum absolute atomic E-state index is 0.0513. The first-order valence-corrected chi connectivity index (χ1v) is 11.7. The predicted octanol–water partition coefficient (Wildman–Crippen LogP) is 1.85. The molecule has 9 heteroatoms. The molecule has 1 heterocycles. The van der Waals surface area contributed by atoms with Crippen molar-refractivity contribution in [3.05, 3.63) is 30.1 Å². The van der Waals surface area contributed by atoms with Gasteiger partial charge in [-0.05, 0) is 49.9 Å². The minimum atomic E-state index is -3.87. The van der Waals surface area contributed by atoms with Crippen LogP contribution in [0.5, 0.6) is 0 Å². The number of hydrogen-bond acceptors (Lipinski definition) is 5. The lowest BCUT2D eigenvalue weighted by Gasteiger charge is -2.36. The number of hydrogen-bond donors (Lipinski definition) is 3. The Balaban J connectivity index is 1.53. The second-order valence-corrected chi connectivity index (χ2v) is 9.56. The Morgan fingerprint density at radius 2 is 1.79 bits per heavy atom. The summed E-state index contributed by atoms with van der Waals surface area (Å²) in [6.07, 6.45) is 5.52. The van der Waals surface area contributed by atoms with Gasteiger partial charge in [-0.3, -0.25) is 4.79 Å². The molecule has 162 valence electrons. The van der Waals surface area contributed by atoms with E-state index in [4.69, 9.17) is 4.74 Å². The molecule has 1 aliphatic carbocycles. The molecule has 0 unspecified atom stereocenters. The molecule has 3 rings (SSSR count). The number of halogens is 1.